The molecule has 1 amide bonds. The van der Waals surface area contributed by atoms with Crippen molar-refractivity contribution < 1.29 is 17.9 Å². The number of amides is 1. The molecule has 1 atom stereocenters. The van der Waals surface area contributed by atoms with Gasteiger partial charge in [-0.25, -0.2) is 8.42 Å². The minimum atomic E-state index is -3.70. The highest BCUT2D eigenvalue weighted by Crippen LogP contribution is 2.19. The molecular weight excluding hydrogens is 304 g/mol. The molecule has 0 radical (unpaired) electrons. The molecule has 7 heteroatoms. The first kappa shape index (κ1) is 18.4. The van der Waals surface area contributed by atoms with Crippen LogP contribution < -0.4 is 10.1 Å². The summed E-state index contributed by atoms with van der Waals surface area (Å²) in [4.78, 5) is 12.1. The molecule has 0 saturated carbocycles. The predicted octanol–water partition coefficient (Wildman–Crippen LogP) is 1.62. The summed E-state index contributed by atoms with van der Waals surface area (Å²) in [6, 6.07) is 6.14. The topological polar surface area (TPSA) is 75.7 Å². The van der Waals surface area contributed by atoms with Gasteiger partial charge in [-0.1, -0.05) is 13.8 Å². The number of hydrogen-bond donors (Lipinski definition) is 1. The molecule has 0 saturated heterocycles. The number of ether oxygens (including phenoxy) is 1. The lowest BCUT2D eigenvalue weighted by Gasteiger charge is -2.21. The third kappa shape index (κ3) is 4.71. The molecule has 0 aliphatic carbocycles. The van der Waals surface area contributed by atoms with Crippen LogP contribution in [0.25, 0.3) is 0 Å². The van der Waals surface area contributed by atoms with Gasteiger partial charge in [0.1, 0.15) is 5.75 Å². The number of hydrogen-bond acceptors (Lipinski definition) is 4. The Bertz CT molecular complexity index is 584. The van der Waals surface area contributed by atoms with Gasteiger partial charge >= 0.3 is 0 Å². The van der Waals surface area contributed by atoms with Gasteiger partial charge in [0.15, 0.2) is 0 Å². The molecule has 1 N–H and O–H groups in total. The van der Waals surface area contributed by atoms with Crippen molar-refractivity contribution in [2.24, 2.45) is 0 Å². The summed E-state index contributed by atoms with van der Waals surface area (Å²) in [5, 5.41) is 2.77. The lowest BCUT2D eigenvalue weighted by atomic mass is 10.2. The van der Waals surface area contributed by atoms with Crippen molar-refractivity contribution in [1.29, 1.82) is 0 Å². The van der Waals surface area contributed by atoms with E-state index in [1.165, 1.54) is 19.2 Å². The number of benzene rings is 1. The smallest absolute Gasteiger partial charge is 0.243 e. The Labute approximate surface area is 132 Å². The lowest BCUT2D eigenvalue weighted by molar-refractivity contribution is -0.121. The first-order valence-electron chi connectivity index (χ1n) is 7.28. The average Bonchev–Trinajstić information content (AvgIpc) is 2.52. The minimum Gasteiger partial charge on any atom is -0.497 e. The fourth-order valence-corrected chi connectivity index (χ4v) is 3.25. The van der Waals surface area contributed by atoms with Crippen molar-refractivity contribution in [2.45, 2.75) is 38.1 Å². The SMILES string of the molecule is CC[C@H](C)NC(=O)CN(CC)S(=O)(=O)c1ccc(OC)cc1. The molecule has 124 valence electrons. The fourth-order valence-electron chi connectivity index (χ4n) is 1.85. The van der Waals surface area contributed by atoms with E-state index in [-0.39, 0.29) is 29.9 Å². The van der Waals surface area contributed by atoms with E-state index in [0.717, 1.165) is 10.7 Å². The summed E-state index contributed by atoms with van der Waals surface area (Å²) >= 11 is 0. The van der Waals surface area contributed by atoms with Gasteiger partial charge in [-0.2, -0.15) is 4.31 Å². The van der Waals surface area contributed by atoms with Crippen LogP contribution in [0.1, 0.15) is 27.2 Å². The van der Waals surface area contributed by atoms with Gasteiger partial charge in [-0.3, -0.25) is 4.79 Å². The Kier molecular flexibility index (Phi) is 6.83. The molecule has 0 spiro atoms. The second-order valence-electron chi connectivity index (χ2n) is 4.98. The van der Waals surface area contributed by atoms with Gasteiger partial charge in [0.2, 0.25) is 15.9 Å². The Morgan fingerprint density at radius 3 is 2.32 bits per heavy atom. The molecule has 1 rings (SSSR count). The summed E-state index contributed by atoms with van der Waals surface area (Å²) in [5.41, 5.74) is 0. The molecule has 1 aromatic carbocycles. The van der Waals surface area contributed by atoms with Gasteiger partial charge in [-0.15, -0.1) is 0 Å². The van der Waals surface area contributed by atoms with Gasteiger partial charge < -0.3 is 10.1 Å². The number of carbonyl (C=O) groups excluding carboxylic acids is 1. The second kappa shape index (κ2) is 8.14. The van der Waals surface area contributed by atoms with Crippen molar-refractivity contribution in [3.05, 3.63) is 24.3 Å². The van der Waals surface area contributed by atoms with Crippen LogP contribution in [0.4, 0.5) is 0 Å². The normalized spacial score (nSPS) is 13.0. The van der Waals surface area contributed by atoms with E-state index in [1.807, 2.05) is 13.8 Å². The zero-order chi connectivity index (χ0) is 16.8. The van der Waals surface area contributed by atoms with Crippen LogP contribution in [-0.4, -0.2) is 44.9 Å². The third-order valence-corrected chi connectivity index (χ3v) is 5.32. The summed E-state index contributed by atoms with van der Waals surface area (Å²) in [6.07, 6.45) is 0.795. The largest absolute Gasteiger partial charge is 0.497 e. The van der Waals surface area contributed by atoms with E-state index in [0.29, 0.717) is 5.75 Å². The molecule has 0 aromatic heterocycles. The number of sulfonamides is 1. The summed E-state index contributed by atoms with van der Waals surface area (Å²) in [6.45, 7) is 5.58. The van der Waals surface area contributed by atoms with Crippen LogP contribution in [0, 0.1) is 0 Å². The zero-order valence-electron chi connectivity index (χ0n) is 13.5. The molecule has 0 fully saturated rings. The third-order valence-electron chi connectivity index (χ3n) is 3.39. The van der Waals surface area contributed by atoms with Crippen molar-refractivity contribution in [2.75, 3.05) is 20.2 Å². The average molecular weight is 328 g/mol. The first-order valence-corrected chi connectivity index (χ1v) is 8.72. The number of methoxy groups -OCH3 is 1. The summed E-state index contributed by atoms with van der Waals surface area (Å²) < 4.78 is 31.3. The highest BCUT2D eigenvalue weighted by molar-refractivity contribution is 7.89. The van der Waals surface area contributed by atoms with E-state index < -0.39 is 10.0 Å². The monoisotopic (exact) mass is 328 g/mol. The standard InChI is InChI=1S/C15H24N2O4S/c1-5-12(3)16-15(18)11-17(6-2)22(19,20)14-9-7-13(21-4)8-10-14/h7-10,12H,5-6,11H2,1-4H3,(H,16,18)/t12-/m0/s1. The van der Waals surface area contributed by atoms with E-state index in [9.17, 15) is 13.2 Å². The van der Waals surface area contributed by atoms with Crippen molar-refractivity contribution in [3.8, 4) is 5.75 Å². The Morgan fingerprint density at radius 1 is 1.27 bits per heavy atom. The maximum Gasteiger partial charge on any atom is 0.243 e. The first-order chi connectivity index (χ1) is 10.3. The molecule has 0 aliphatic heterocycles. The maximum absolute atomic E-state index is 12.6. The van der Waals surface area contributed by atoms with E-state index in [4.69, 9.17) is 4.74 Å². The van der Waals surface area contributed by atoms with Crippen LogP contribution in [0.2, 0.25) is 0 Å². The molecule has 0 bridgehead atoms. The van der Waals surface area contributed by atoms with E-state index in [2.05, 4.69) is 5.32 Å². The molecular formula is C15H24N2O4S. The Morgan fingerprint density at radius 2 is 1.86 bits per heavy atom. The summed E-state index contributed by atoms with van der Waals surface area (Å²) in [5.74, 6) is 0.282. The van der Waals surface area contributed by atoms with Crippen LogP contribution in [0.5, 0.6) is 5.75 Å². The maximum atomic E-state index is 12.6. The molecule has 22 heavy (non-hydrogen) atoms. The molecule has 0 aliphatic rings. The number of rotatable bonds is 8. The van der Waals surface area contributed by atoms with Gasteiger partial charge in [0.25, 0.3) is 0 Å². The van der Waals surface area contributed by atoms with E-state index >= 15 is 0 Å². The molecule has 0 unspecified atom stereocenters. The van der Waals surface area contributed by atoms with Gasteiger partial charge in [0, 0.05) is 12.6 Å². The minimum absolute atomic E-state index is 0.0231. The molecule has 1 aromatic rings. The number of nitrogens with one attached hydrogen (secondary N) is 1. The van der Waals surface area contributed by atoms with Gasteiger partial charge in [-0.05, 0) is 37.6 Å². The Balaban J connectivity index is 2.89. The highest BCUT2D eigenvalue weighted by Gasteiger charge is 2.25. The number of nitrogens with zero attached hydrogens (tertiary/aromatic N) is 1. The molecule has 0 heterocycles. The lowest BCUT2D eigenvalue weighted by Crippen LogP contribution is -2.43. The van der Waals surface area contributed by atoms with Crippen molar-refractivity contribution in [1.82, 2.24) is 9.62 Å². The molecule has 6 nitrogen and oxygen atoms in total. The van der Waals surface area contributed by atoms with E-state index in [1.54, 1.807) is 19.1 Å². The number of likely N-dealkylation sites (N-methyl/N-ethyl adjacent to an activating group) is 1. The van der Waals surface area contributed by atoms with Crippen LogP contribution >= 0.6 is 0 Å². The van der Waals surface area contributed by atoms with Crippen LogP contribution in [0.3, 0.4) is 0 Å². The zero-order valence-corrected chi connectivity index (χ0v) is 14.3. The van der Waals surface area contributed by atoms with Crippen molar-refractivity contribution >= 4 is 15.9 Å². The van der Waals surface area contributed by atoms with Crippen LogP contribution in [-0.2, 0) is 14.8 Å². The highest BCUT2D eigenvalue weighted by atomic mass is 32.2. The second-order valence-corrected chi connectivity index (χ2v) is 6.92. The van der Waals surface area contributed by atoms with Crippen molar-refractivity contribution in [3.63, 3.8) is 0 Å². The predicted molar refractivity (Wildman–Crippen MR) is 85.3 cm³/mol. The fraction of sp³-hybridized carbons (Fsp3) is 0.533. The Hall–Kier alpha value is -1.60. The number of carbonyl (C=O) groups is 1. The quantitative estimate of drug-likeness (QED) is 0.787. The van der Waals surface area contributed by atoms with Gasteiger partial charge in [0.05, 0.1) is 18.6 Å². The summed E-state index contributed by atoms with van der Waals surface area (Å²) in [7, 11) is -2.18. The van der Waals surface area contributed by atoms with Crippen LogP contribution in [0.15, 0.2) is 29.2 Å².